The lowest BCUT2D eigenvalue weighted by Gasteiger charge is -2.05. The van der Waals surface area contributed by atoms with Crippen LogP contribution in [-0.2, 0) is 6.42 Å². The van der Waals surface area contributed by atoms with Gasteiger partial charge in [-0.15, -0.1) is 0 Å². The monoisotopic (exact) mass is 341 g/mol. The van der Waals surface area contributed by atoms with E-state index in [1.165, 1.54) is 24.3 Å². The van der Waals surface area contributed by atoms with Gasteiger partial charge in [0, 0.05) is 28.9 Å². The molecule has 1 aromatic carbocycles. The van der Waals surface area contributed by atoms with Crippen molar-refractivity contribution < 1.29 is 18.3 Å². The van der Waals surface area contributed by atoms with Gasteiger partial charge < -0.3 is 4.74 Å². The molecule has 0 N–H and O–H groups in total. The number of hydrogen-bond acceptors (Lipinski definition) is 3. The van der Waals surface area contributed by atoms with E-state index in [9.17, 15) is 13.6 Å². The molecular formula is C14H10BrF2NO2. The molecule has 0 spiro atoms. The zero-order valence-corrected chi connectivity index (χ0v) is 11.8. The number of pyridine rings is 1. The highest BCUT2D eigenvalue weighted by Crippen LogP contribution is 2.17. The van der Waals surface area contributed by atoms with Crippen molar-refractivity contribution in [2.24, 2.45) is 0 Å². The zero-order valence-electron chi connectivity index (χ0n) is 10.2. The number of Topliss-reactive ketones (excluding diaryl/α,β-unsaturated/α-hetero) is 1. The van der Waals surface area contributed by atoms with Gasteiger partial charge in [0.05, 0.1) is 0 Å². The Labute approximate surface area is 122 Å². The quantitative estimate of drug-likeness (QED) is 0.775. The average Bonchev–Trinajstić information content (AvgIpc) is 2.38. The summed E-state index contributed by atoms with van der Waals surface area (Å²) in [6.07, 6.45) is 3.43. The van der Waals surface area contributed by atoms with Crippen molar-refractivity contribution in [1.82, 2.24) is 4.98 Å². The Morgan fingerprint density at radius 1 is 1.25 bits per heavy atom. The van der Waals surface area contributed by atoms with E-state index in [4.69, 9.17) is 0 Å². The summed E-state index contributed by atoms with van der Waals surface area (Å²) >= 11 is 3.28. The standard InChI is InChI=1S/C14H10BrF2NO2/c15-11-5-9(7-18-8-11)6-13(19)10-1-3-12(4-2-10)20-14(16)17/h1-5,7-8,14H,6H2. The Kier molecular flexibility index (Phi) is 4.79. The zero-order chi connectivity index (χ0) is 14.5. The number of benzene rings is 1. The molecule has 0 saturated carbocycles. The van der Waals surface area contributed by atoms with Crippen LogP contribution in [0.1, 0.15) is 15.9 Å². The minimum atomic E-state index is -2.87. The summed E-state index contributed by atoms with van der Waals surface area (Å²) in [5.41, 5.74) is 1.21. The summed E-state index contributed by atoms with van der Waals surface area (Å²) in [5.74, 6) is -0.0887. The van der Waals surface area contributed by atoms with E-state index in [0.29, 0.717) is 5.56 Å². The number of aromatic nitrogens is 1. The fraction of sp³-hybridized carbons (Fsp3) is 0.143. The molecule has 104 valence electrons. The number of hydrogen-bond donors (Lipinski definition) is 0. The van der Waals surface area contributed by atoms with Gasteiger partial charge in [-0.3, -0.25) is 9.78 Å². The highest BCUT2D eigenvalue weighted by atomic mass is 79.9. The Balaban J connectivity index is 2.06. The molecule has 1 heterocycles. The largest absolute Gasteiger partial charge is 0.435 e. The van der Waals surface area contributed by atoms with Gasteiger partial charge in [-0.05, 0) is 51.8 Å². The van der Waals surface area contributed by atoms with Gasteiger partial charge in [-0.2, -0.15) is 8.78 Å². The van der Waals surface area contributed by atoms with Crippen LogP contribution in [0.3, 0.4) is 0 Å². The predicted molar refractivity (Wildman–Crippen MR) is 73.0 cm³/mol. The lowest BCUT2D eigenvalue weighted by molar-refractivity contribution is -0.0498. The Morgan fingerprint density at radius 2 is 1.95 bits per heavy atom. The molecule has 0 amide bonds. The maximum absolute atomic E-state index is 12.0. The van der Waals surface area contributed by atoms with Gasteiger partial charge in [-0.25, -0.2) is 0 Å². The van der Waals surface area contributed by atoms with Crippen molar-refractivity contribution >= 4 is 21.7 Å². The van der Waals surface area contributed by atoms with Crippen LogP contribution in [0, 0.1) is 0 Å². The summed E-state index contributed by atoms with van der Waals surface area (Å²) in [4.78, 5) is 16.0. The lowest BCUT2D eigenvalue weighted by atomic mass is 10.0. The maximum Gasteiger partial charge on any atom is 0.387 e. The smallest absolute Gasteiger partial charge is 0.387 e. The SMILES string of the molecule is O=C(Cc1cncc(Br)c1)c1ccc(OC(F)F)cc1. The number of carbonyl (C=O) groups is 1. The second-order valence-electron chi connectivity index (χ2n) is 4.01. The third kappa shape index (κ3) is 4.09. The second-order valence-corrected chi connectivity index (χ2v) is 4.93. The molecule has 0 saturated heterocycles. The minimum absolute atomic E-state index is 0.0284. The number of rotatable bonds is 5. The fourth-order valence-corrected chi connectivity index (χ4v) is 2.07. The highest BCUT2D eigenvalue weighted by Gasteiger charge is 2.09. The first-order valence-electron chi connectivity index (χ1n) is 5.72. The number of alkyl halides is 2. The molecule has 2 rings (SSSR count). The number of ketones is 1. The van der Waals surface area contributed by atoms with Crippen LogP contribution in [0.25, 0.3) is 0 Å². The van der Waals surface area contributed by atoms with E-state index in [-0.39, 0.29) is 18.0 Å². The van der Waals surface area contributed by atoms with Crippen LogP contribution in [0.2, 0.25) is 0 Å². The predicted octanol–water partition coefficient (Wildman–Crippen LogP) is 3.87. The summed E-state index contributed by atoms with van der Waals surface area (Å²) < 4.78 is 29.0. The van der Waals surface area contributed by atoms with E-state index >= 15 is 0 Å². The van der Waals surface area contributed by atoms with E-state index < -0.39 is 6.61 Å². The van der Waals surface area contributed by atoms with E-state index in [2.05, 4.69) is 25.7 Å². The molecule has 0 aliphatic rings. The van der Waals surface area contributed by atoms with Crippen molar-refractivity contribution in [1.29, 1.82) is 0 Å². The molecule has 0 fully saturated rings. The van der Waals surface area contributed by atoms with E-state index in [0.717, 1.165) is 10.0 Å². The van der Waals surface area contributed by atoms with E-state index in [1.807, 2.05) is 0 Å². The fourth-order valence-electron chi connectivity index (χ4n) is 1.66. The Morgan fingerprint density at radius 3 is 2.55 bits per heavy atom. The van der Waals surface area contributed by atoms with Crippen LogP contribution in [0.4, 0.5) is 8.78 Å². The van der Waals surface area contributed by atoms with Crippen molar-refractivity contribution in [2.75, 3.05) is 0 Å². The molecule has 6 heteroatoms. The Hall–Kier alpha value is -1.82. The van der Waals surface area contributed by atoms with Crippen molar-refractivity contribution in [3.05, 3.63) is 58.3 Å². The molecule has 2 aromatic rings. The molecule has 0 radical (unpaired) electrons. The summed E-state index contributed by atoms with van der Waals surface area (Å²) in [5, 5.41) is 0. The normalized spacial score (nSPS) is 10.6. The van der Waals surface area contributed by atoms with Crippen LogP contribution >= 0.6 is 15.9 Å². The third-order valence-corrected chi connectivity index (χ3v) is 2.96. The molecule has 0 unspecified atom stereocenters. The van der Waals surface area contributed by atoms with Crippen LogP contribution in [0.5, 0.6) is 5.75 Å². The summed E-state index contributed by atoms with van der Waals surface area (Å²) in [6.45, 7) is -2.87. The molecule has 3 nitrogen and oxygen atoms in total. The molecular weight excluding hydrogens is 332 g/mol. The number of halogens is 3. The third-order valence-electron chi connectivity index (χ3n) is 2.53. The molecule has 0 bridgehead atoms. The molecule has 0 atom stereocenters. The van der Waals surface area contributed by atoms with Gasteiger partial charge in [0.25, 0.3) is 0 Å². The van der Waals surface area contributed by atoms with Crippen molar-refractivity contribution in [3.8, 4) is 5.75 Å². The van der Waals surface area contributed by atoms with Crippen molar-refractivity contribution in [3.63, 3.8) is 0 Å². The van der Waals surface area contributed by atoms with Crippen LogP contribution in [0.15, 0.2) is 47.2 Å². The second kappa shape index (κ2) is 6.56. The lowest BCUT2D eigenvalue weighted by Crippen LogP contribution is -2.05. The molecule has 0 aliphatic heterocycles. The van der Waals surface area contributed by atoms with E-state index in [1.54, 1.807) is 18.5 Å². The minimum Gasteiger partial charge on any atom is -0.435 e. The van der Waals surface area contributed by atoms with Gasteiger partial charge in [0.2, 0.25) is 0 Å². The Bertz CT molecular complexity index is 602. The first kappa shape index (κ1) is 14.6. The molecule has 1 aromatic heterocycles. The summed E-state index contributed by atoms with van der Waals surface area (Å²) in [6, 6.07) is 7.42. The number of ether oxygens (including phenoxy) is 1. The highest BCUT2D eigenvalue weighted by molar-refractivity contribution is 9.10. The topological polar surface area (TPSA) is 39.2 Å². The van der Waals surface area contributed by atoms with Gasteiger partial charge in [0.1, 0.15) is 5.75 Å². The first-order valence-corrected chi connectivity index (χ1v) is 6.51. The first-order chi connectivity index (χ1) is 9.54. The van der Waals surface area contributed by atoms with Crippen LogP contribution in [-0.4, -0.2) is 17.4 Å². The van der Waals surface area contributed by atoms with Crippen molar-refractivity contribution in [2.45, 2.75) is 13.0 Å². The number of nitrogens with zero attached hydrogens (tertiary/aromatic N) is 1. The molecule has 20 heavy (non-hydrogen) atoms. The van der Waals surface area contributed by atoms with Gasteiger partial charge in [0.15, 0.2) is 5.78 Å². The summed E-state index contributed by atoms with van der Waals surface area (Å²) in [7, 11) is 0. The maximum atomic E-state index is 12.0. The average molecular weight is 342 g/mol. The van der Waals surface area contributed by atoms with Gasteiger partial charge in [-0.1, -0.05) is 0 Å². The molecule has 0 aliphatic carbocycles. The number of carbonyl (C=O) groups excluding carboxylic acids is 1. The van der Waals surface area contributed by atoms with Gasteiger partial charge >= 0.3 is 6.61 Å². The van der Waals surface area contributed by atoms with Crippen LogP contribution < -0.4 is 4.74 Å².